The van der Waals surface area contributed by atoms with Crippen molar-refractivity contribution < 1.29 is 14.3 Å². The number of fused-ring (bicyclic) bond motifs is 1. The van der Waals surface area contributed by atoms with Gasteiger partial charge in [-0.25, -0.2) is 9.97 Å². The summed E-state index contributed by atoms with van der Waals surface area (Å²) >= 11 is 0. The molecule has 0 bridgehead atoms. The van der Waals surface area contributed by atoms with Crippen molar-refractivity contribution in [3.05, 3.63) is 85.1 Å². The van der Waals surface area contributed by atoms with Gasteiger partial charge < -0.3 is 26.0 Å². The van der Waals surface area contributed by atoms with E-state index in [1.54, 1.807) is 19.4 Å². The molecule has 3 aromatic carbocycles. The zero-order valence-corrected chi connectivity index (χ0v) is 23.0. The van der Waals surface area contributed by atoms with Gasteiger partial charge in [0.25, 0.3) is 5.91 Å². The van der Waals surface area contributed by atoms with Crippen LogP contribution in [-0.4, -0.2) is 73.1 Å². The van der Waals surface area contributed by atoms with Crippen LogP contribution in [0.2, 0.25) is 0 Å². The van der Waals surface area contributed by atoms with E-state index >= 15 is 0 Å². The number of hydrogen-bond donors (Lipinski definition) is 3. The molecule has 2 amide bonds. The third kappa shape index (κ3) is 6.51. The fourth-order valence-corrected chi connectivity index (χ4v) is 4.96. The van der Waals surface area contributed by atoms with E-state index in [4.69, 9.17) is 15.5 Å². The predicted molar refractivity (Wildman–Crippen MR) is 163 cm³/mol. The molecule has 0 unspecified atom stereocenters. The molecule has 0 radical (unpaired) electrons. The van der Waals surface area contributed by atoms with E-state index in [1.165, 1.54) is 6.08 Å². The standard InChI is InChI=1S/C31H33N7O3/c1-3-28(39)34-23-8-4-6-21(18-23)25-9-5-7-22-20-33-31(36-29(22)25)35-24-10-11-27(26(19-24)30(32)40)38-14-12-37(13-15-38)16-17-41-2/h3-11,18-20H,1,12-17H2,2H3,(H2,32,40)(H,34,39)(H,33,35,36). The second-order valence-corrected chi connectivity index (χ2v) is 9.75. The lowest BCUT2D eigenvalue weighted by atomic mass is 10.0. The maximum atomic E-state index is 12.4. The number of ether oxygens (including phenoxy) is 1. The summed E-state index contributed by atoms with van der Waals surface area (Å²) in [4.78, 5) is 38.1. The number of nitrogens with two attached hydrogens (primary N) is 1. The molecule has 1 aromatic heterocycles. The minimum Gasteiger partial charge on any atom is -0.383 e. The Morgan fingerprint density at radius 1 is 1.05 bits per heavy atom. The third-order valence-electron chi connectivity index (χ3n) is 7.08. The molecule has 5 rings (SSSR count). The number of benzene rings is 3. The fourth-order valence-electron chi connectivity index (χ4n) is 4.96. The summed E-state index contributed by atoms with van der Waals surface area (Å²) in [7, 11) is 1.71. The number of nitrogens with zero attached hydrogens (tertiary/aromatic N) is 4. The van der Waals surface area contributed by atoms with Crippen molar-refractivity contribution >= 4 is 45.7 Å². The Kier molecular flexibility index (Phi) is 8.52. The molecule has 210 valence electrons. The van der Waals surface area contributed by atoms with E-state index in [-0.39, 0.29) is 5.91 Å². The first-order valence-electron chi connectivity index (χ1n) is 13.4. The lowest BCUT2D eigenvalue weighted by Crippen LogP contribution is -2.47. The van der Waals surface area contributed by atoms with Crippen LogP contribution < -0.4 is 21.3 Å². The first kappa shape index (κ1) is 27.8. The molecular weight excluding hydrogens is 518 g/mol. The monoisotopic (exact) mass is 551 g/mol. The number of nitrogens with one attached hydrogen (secondary N) is 2. The molecule has 1 saturated heterocycles. The first-order chi connectivity index (χ1) is 19.9. The van der Waals surface area contributed by atoms with E-state index in [9.17, 15) is 9.59 Å². The molecule has 10 heteroatoms. The summed E-state index contributed by atoms with van der Waals surface area (Å²) in [5, 5.41) is 6.90. The molecule has 10 nitrogen and oxygen atoms in total. The van der Waals surface area contributed by atoms with Crippen LogP contribution in [0.1, 0.15) is 10.4 Å². The van der Waals surface area contributed by atoms with Gasteiger partial charge in [-0.3, -0.25) is 14.5 Å². The molecule has 4 N–H and O–H groups in total. The van der Waals surface area contributed by atoms with Crippen molar-refractivity contribution in [2.45, 2.75) is 0 Å². The van der Waals surface area contributed by atoms with Crippen molar-refractivity contribution in [3.8, 4) is 11.1 Å². The molecule has 1 aliphatic rings. The summed E-state index contributed by atoms with van der Waals surface area (Å²) in [5.41, 5.74) is 10.9. The topological polar surface area (TPSA) is 126 Å². The quantitative estimate of drug-likeness (QED) is 0.252. The third-order valence-corrected chi connectivity index (χ3v) is 7.08. The van der Waals surface area contributed by atoms with Gasteiger partial charge in [-0.15, -0.1) is 0 Å². The van der Waals surface area contributed by atoms with Crippen LogP contribution in [0, 0.1) is 0 Å². The van der Waals surface area contributed by atoms with Gasteiger partial charge in [0, 0.05) is 74.0 Å². The number of para-hydroxylation sites is 1. The summed E-state index contributed by atoms with van der Waals surface area (Å²) in [6.45, 7) is 8.47. The number of amides is 2. The molecule has 0 atom stereocenters. The highest BCUT2D eigenvalue weighted by atomic mass is 16.5. The van der Waals surface area contributed by atoms with Crippen LogP contribution in [-0.2, 0) is 9.53 Å². The highest BCUT2D eigenvalue weighted by Gasteiger charge is 2.21. The van der Waals surface area contributed by atoms with Gasteiger partial charge >= 0.3 is 0 Å². The second-order valence-electron chi connectivity index (χ2n) is 9.75. The van der Waals surface area contributed by atoms with Gasteiger partial charge in [-0.2, -0.15) is 0 Å². The second kappa shape index (κ2) is 12.6. The number of rotatable bonds is 10. The van der Waals surface area contributed by atoms with E-state index in [1.807, 2.05) is 54.6 Å². The van der Waals surface area contributed by atoms with Gasteiger partial charge in [0.1, 0.15) is 0 Å². The lowest BCUT2D eigenvalue weighted by Gasteiger charge is -2.36. The van der Waals surface area contributed by atoms with Crippen molar-refractivity contribution in [2.75, 3.05) is 62.0 Å². The van der Waals surface area contributed by atoms with Crippen LogP contribution in [0.4, 0.5) is 23.0 Å². The van der Waals surface area contributed by atoms with E-state index in [2.05, 4.69) is 32.0 Å². The Hall–Kier alpha value is -4.80. The zero-order chi connectivity index (χ0) is 28.8. The number of carbonyl (C=O) groups is 2. The minimum atomic E-state index is -0.490. The average molecular weight is 552 g/mol. The Morgan fingerprint density at radius 2 is 1.85 bits per heavy atom. The maximum Gasteiger partial charge on any atom is 0.250 e. The number of piperazine rings is 1. The van der Waals surface area contributed by atoms with Gasteiger partial charge in [-0.05, 0) is 42.0 Å². The van der Waals surface area contributed by atoms with Gasteiger partial charge in [0.05, 0.1) is 17.7 Å². The summed E-state index contributed by atoms with van der Waals surface area (Å²) in [5.74, 6) is -0.383. The largest absolute Gasteiger partial charge is 0.383 e. The van der Waals surface area contributed by atoms with E-state index in [0.717, 1.165) is 60.4 Å². The molecule has 41 heavy (non-hydrogen) atoms. The molecule has 1 fully saturated rings. The predicted octanol–water partition coefficient (Wildman–Crippen LogP) is 4.03. The van der Waals surface area contributed by atoms with Crippen molar-refractivity contribution in [3.63, 3.8) is 0 Å². The zero-order valence-electron chi connectivity index (χ0n) is 23.0. The minimum absolute atomic E-state index is 0.278. The Labute approximate surface area is 238 Å². The van der Waals surface area contributed by atoms with Crippen LogP contribution in [0.5, 0.6) is 0 Å². The van der Waals surface area contributed by atoms with Crippen molar-refractivity contribution in [2.24, 2.45) is 5.73 Å². The van der Waals surface area contributed by atoms with Gasteiger partial charge in [-0.1, -0.05) is 36.9 Å². The van der Waals surface area contributed by atoms with Gasteiger partial charge in [0.15, 0.2) is 0 Å². The van der Waals surface area contributed by atoms with Crippen LogP contribution in [0.25, 0.3) is 22.0 Å². The Balaban J connectivity index is 1.39. The summed E-state index contributed by atoms with van der Waals surface area (Å²) in [6, 6.07) is 19.0. The van der Waals surface area contributed by atoms with Crippen LogP contribution in [0.15, 0.2) is 79.5 Å². The number of aromatic nitrogens is 2. The van der Waals surface area contributed by atoms with Crippen molar-refractivity contribution in [1.82, 2.24) is 14.9 Å². The Morgan fingerprint density at radius 3 is 2.61 bits per heavy atom. The normalized spacial score (nSPS) is 13.6. The molecule has 0 saturated carbocycles. The number of primary amides is 1. The molecular formula is C31H33N7O3. The average Bonchev–Trinajstić information content (AvgIpc) is 3.00. The number of hydrogen-bond acceptors (Lipinski definition) is 8. The van der Waals surface area contributed by atoms with E-state index in [0.29, 0.717) is 29.5 Å². The maximum absolute atomic E-state index is 12.4. The molecule has 0 aliphatic carbocycles. The first-order valence-corrected chi connectivity index (χ1v) is 13.4. The molecule has 2 heterocycles. The Bertz CT molecular complexity index is 1580. The van der Waals surface area contributed by atoms with Crippen molar-refractivity contribution in [1.29, 1.82) is 0 Å². The number of carbonyl (C=O) groups excluding carboxylic acids is 2. The summed E-state index contributed by atoms with van der Waals surface area (Å²) in [6.07, 6.45) is 2.99. The van der Waals surface area contributed by atoms with Crippen LogP contribution >= 0.6 is 0 Å². The molecule has 0 spiro atoms. The highest BCUT2D eigenvalue weighted by Crippen LogP contribution is 2.31. The molecule has 1 aliphatic heterocycles. The lowest BCUT2D eigenvalue weighted by molar-refractivity contribution is -0.111. The van der Waals surface area contributed by atoms with Gasteiger partial charge in [0.2, 0.25) is 11.9 Å². The fraction of sp³-hybridized carbons (Fsp3) is 0.226. The summed E-state index contributed by atoms with van der Waals surface area (Å²) < 4.78 is 5.19. The smallest absolute Gasteiger partial charge is 0.250 e. The van der Waals surface area contributed by atoms with E-state index < -0.39 is 5.91 Å². The highest BCUT2D eigenvalue weighted by molar-refractivity contribution is 6.01. The number of anilines is 4. The SMILES string of the molecule is C=CC(=O)Nc1cccc(-c2cccc3cnc(Nc4ccc(N5CCN(CCOC)CC5)c(C(N)=O)c4)nc23)c1. The molecule has 4 aromatic rings. The number of methoxy groups -OCH3 is 1. The van der Waals surface area contributed by atoms with Crippen LogP contribution in [0.3, 0.4) is 0 Å².